The van der Waals surface area contributed by atoms with Gasteiger partial charge in [0.05, 0.1) is 11.4 Å². The van der Waals surface area contributed by atoms with Crippen LogP contribution in [0, 0.1) is 5.82 Å². The number of sulfonamides is 1. The van der Waals surface area contributed by atoms with Crippen LogP contribution in [0.2, 0.25) is 0 Å². The summed E-state index contributed by atoms with van der Waals surface area (Å²) in [5.74, 6) is -0.104. The van der Waals surface area contributed by atoms with Crippen LogP contribution >= 0.6 is 0 Å². The first kappa shape index (κ1) is 22.4. The number of halogens is 1. The Morgan fingerprint density at radius 1 is 1.00 bits per heavy atom. The lowest BCUT2D eigenvalue weighted by Crippen LogP contribution is -2.50. The van der Waals surface area contributed by atoms with Crippen LogP contribution in [0.4, 0.5) is 4.39 Å². The van der Waals surface area contributed by atoms with Crippen LogP contribution in [0.15, 0.2) is 53.4 Å². The Kier molecular flexibility index (Phi) is 7.23. The second-order valence-corrected chi connectivity index (χ2v) is 9.75. The van der Waals surface area contributed by atoms with Crippen LogP contribution in [0.5, 0.6) is 0 Å². The zero-order valence-corrected chi connectivity index (χ0v) is 18.2. The molecule has 162 valence electrons. The van der Waals surface area contributed by atoms with Crippen LogP contribution in [0.25, 0.3) is 0 Å². The lowest BCUT2D eigenvalue weighted by atomic mass is 10.0. The van der Waals surface area contributed by atoms with Gasteiger partial charge in [-0.05, 0) is 41.3 Å². The fourth-order valence-corrected chi connectivity index (χ4v) is 4.79. The van der Waals surface area contributed by atoms with Crippen molar-refractivity contribution in [2.24, 2.45) is 0 Å². The standard InChI is InChI=1S/C22H28FN3O3S/c1-17(2)19-5-9-21(10-6-19)30(28,29)26-13-11-25(12-14-26)16-22(27)24-15-18-3-7-20(23)8-4-18/h3-10,17H,11-16H2,1-2H3,(H,24,27). The minimum absolute atomic E-state index is 0.139. The Morgan fingerprint density at radius 3 is 2.17 bits per heavy atom. The Morgan fingerprint density at radius 2 is 1.60 bits per heavy atom. The smallest absolute Gasteiger partial charge is 0.243 e. The lowest BCUT2D eigenvalue weighted by molar-refractivity contribution is -0.122. The van der Waals surface area contributed by atoms with Gasteiger partial charge in [-0.2, -0.15) is 4.31 Å². The highest BCUT2D eigenvalue weighted by atomic mass is 32.2. The second-order valence-electron chi connectivity index (χ2n) is 7.81. The highest BCUT2D eigenvalue weighted by molar-refractivity contribution is 7.89. The molecule has 0 aromatic heterocycles. The molecule has 1 N–H and O–H groups in total. The normalized spacial score (nSPS) is 16.0. The van der Waals surface area contributed by atoms with Crippen molar-refractivity contribution >= 4 is 15.9 Å². The van der Waals surface area contributed by atoms with Gasteiger partial charge in [0.15, 0.2) is 0 Å². The van der Waals surface area contributed by atoms with Gasteiger partial charge in [-0.1, -0.05) is 38.1 Å². The van der Waals surface area contributed by atoms with Gasteiger partial charge >= 0.3 is 0 Å². The van der Waals surface area contributed by atoms with Crippen LogP contribution in [0.3, 0.4) is 0 Å². The number of hydrogen-bond acceptors (Lipinski definition) is 4. The van der Waals surface area contributed by atoms with E-state index < -0.39 is 10.0 Å². The van der Waals surface area contributed by atoms with Crippen molar-refractivity contribution in [3.63, 3.8) is 0 Å². The van der Waals surface area contributed by atoms with Crippen LogP contribution in [0.1, 0.15) is 30.9 Å². The molecule has 0 radical (unpaired) electrons. The van der Waals surface area contributed by atoms with E-state index in [1.54, 1.807) is 24.3 Å². The highest BCUT2D eigenvalue weighted by Crippen LogP contribution is 2.21. The zero-order chi connectivity index (χ0) is 21.7. The average Bonchev–Trinajstić information content (AvgIpc) is 2.74. The molecule has 2 aromatic carbocycles. The lowest BCUT2D eigenvalue weighted by Gasteiger charge is -2.33. The largest absolute Gasteiger partial charge is 0.351 e. The van der Waals surface area contributed by atoms with Crippen molar-refractivity contribution in [3.8, 4) is 0 Å². The summed E-state index contributed by atoms with van der Waals surface area (Å²) in [5, 5.41) is 2.81. The summed E-state index contributed by atoms with van der Waals surface area (Å²) < 4.78 is 40.2. The van der Waals surface area contributed by atoms with Gasteiger partial charge in [-0.25, -0.2) is 12.8 Å². The summed E-state index contributed by atoms with van der Waals surface area (Å²) in [6, 6.07) is 13.0. The van der Waals surface area contributed by atoms with E-state index in [2.05, 4.69) is 19.2 Å². The highest BCUT2D eigenvalue weighted by Gasteiger charge is 2.29. The maximum atomic E-state index is 12.9. The predicted molar refractivity (Wildman–Crippen MR) is 114 cm³/mol. The number of amides is 1. The molecule has 1 aliphatic rings. The second kappa shape index (κ2) is 9.68. The van der Waals surface area contributed by atoms with Crippen molar-refractivity contribution < 1.29 is 17.6 Å². The van der Waals surface area contributed by atoms with Crippen LogP contribution < -0.4 is 5.32 Å². The molecule has 0 spiro atoms. The predicted octanol–water partition coefficient (Wildman–Crippen LogP) is 2.57. The Labute approximate surface area is 177 Å². The molecular formula is C22H28FN3O3S. The molecule has 8 heteroatoms. The van der Waals surface area contributed by atoms with E-state index in [1.807, 2.05) is 17.0 Å². The van der Waals surface area contributed by atoms with Gasteiger partial charge in [0, 0.05) is 32.7 Å². The summed E-state index contributed by atoms with van der Waals surface area (Å²) in [5.41, 5.74) is 1.93. The first-order valence-electron chi connectivity index (χ1n) is 10.1. The number of piperazine rings is 1. The van der Waals surface area contributed by atoms with E-state index in [0.29, 0.717) is 43.5 Å². The third kappa shape index (κ3) is 5.65. The summed E-state index contributed by atoms with van der Waals surface area (Å²) in [4.78, 5) is 14.4. The topological polar surface area (TPSA) is 69.7 Å². The number of rotatable bonds is 7. The molecule has 1 saturated heterocycles. The quantitative estimate of drug-likeness (QED) is 0.729. The molecule has 1 fully saturated rings. The maximum Gasteiger partial charge on any atom is 0.243 e. The van der Waals surface area contributed by atoms with Crippen molar-refractivity contribution in [2.45, 2.75) is 31.2 Å². The summed E-state index contributed by atoms with van der Waals surface area (Å²) in [7, 11) is -3.53. The number of benzene rings is 2. The SMILES string of the molecule is CC(C)c1ccc(S(=O)(=O)N2CCN(CC(=O)NCc3ccc(F)cc3)CC2)cc1. The van der Waals surface area contributed by atoms with E-state index in [-0.39, 0.29) is 18.3 Å². The van der Waals surface area contributed by atoms with Crippen molar-refractivity contribution in [3.05, 3.63) is 65.5 Å². The molecule has 6 nitrogen and oxygen atoms in total. The summed E-state index contributed by atoms with van der Waals surface area (Å²) in [6.45, 7) is 6.36. The molecule has 0 aliphatic carbocycles. The first-order chi connectivity index (χ1) is 14.3. The molecule has 1 amide bonds. The number of hydrogen-bond donors (Lipinski definition) is 1. The first-order valence-corrected chi connectivity index (χ1v) is 11.5. The number of nitrogens with zero attached hydrogens (tertiary/aromatic N) is 2. The molecule has 0 unspecified atom stereocenters. The zero-order valence-electron chi connectivity index (χ0n) is 17.3. The minimum atomic E-state index is -3.53. The molecule has 0 saturated carbocycles. The van der Waals surface area contributed by atoms with Gasteiger partial charge in [-0.3, -0.25) is 9.69 Å². The van der Waals surface area contributed by atoms with Gasteiger partial charge in [0.2, 0.25) is 15.9 Å². The van der Waals surface area contributed by atoms with Crippen LogP contribution in [-0.4, -0.2) is 56.3 Å². The average molecular weight is 434 g/mol. The summed E-state index contributed by atoms with van der Waals surface area (Å²) in [6.07, 6.45) is 0. The monoisotopic (exact) mass is 433 g/mol. The minimum Gasteiger partial charge on any atom is -0.351 e. The van der Waals surface area contributed by atoms with Gasteiger partial charge in [0.1, 0.15) is 5.82 Å². The van der Waals surface area contributed by atoms with E-state index >= 15 is 0 Å². The molecule has 3 rings (SSSR count). The number of carbonyl (C=O) groups is 1. The fourth-order valence-electron chi connectivity index (χ4n) is 3.36. The summed E-state index contributed by atoms with van der Waals surface area (Å²) >= 11 is 0. The van der Waals surface area contributed by atoms with E-state index in [9.17, 15) is 17.6 Å². The Bertz CT molecular complexity index is 952. The van der Waals surface area contributed by atoms with Crippen molar-refractivity contribution in [1.29, 1.82) is 0 Å². The number of nitrogens with one attached hydrogen (secondary N) is 1. The van der Waals surface area contributed by atoms with Gasteiger partial charge in [0.25, 0.3) is 0 Å². The third-order valence-corrected chi connectivity index (χ3v) is 7.20. The van der Waals surface area contributed by atoms with Gasteiger partial charge in [-0.15, -0.1) is 0 Å². The Hall–Kier alpha value is -2.29. The van der Waals surface area contributed by atoms with E-state index in [4.69, 9.17) is 0 Å². The molecule has 30 heavy (non-hydrogen) atoms. The maximum absolute atomic E-state index is 12.9. The van der Waals surface area contributed by atoms with E-state index in [1.165, 1.54) is 16.4 Å². The van der Waals surface area contributed by atoms with Crippen molar-refractivity contribution in [2.75, 3.05) is 32.7 Å². The molecule has 1 aliphatic heterocycles. The molecule has 2 aromatic rings. The Balaban J connectivity index is 1.48. The van der Waals surface area contributed by atoms with E-state index in [0.717, 1.165) is 11.1 Å². The van der Waals surface area contributed by atoms with Gasteiger partial charge < -0.3 is 5.32 Å². The third-order valence-electron chi connectivity index (χ3n) is 5.29. The number of carbonyl (C=O) groups excluding carboxylic acids is 1. The van der Waals surface area contributed by atoms with Crippen LogP contribution in [-0.2, 0) is 21.4 Å². The molecule has 0 bridgehead atoms. The van der Waals surface area contributed by atoms with Crippen molar-refractivity contribution in [1.82, 2.24) is 14.5 Å². The molecular weight excluding hydrogens is 405 g/mol. The fraction of sp³-hybridized carbons (Fsp3) is 0.409. The molecule has 1 heterocycles. The molecule has 0 atom stereocenters.